The Kier molecular flexibility index (Phi) is 6.41. The molecule has 0 amide bonds. The maximum absolute atomic E-state index is 11.9. The predicted octanol–water partition coefficient (Wildman–Crippen LogP) is 2.88. The van der Waals surface area contributed by atoms with Crippen molar-refractivity contribution in [2.24, 2.45) is 5.92 Å². The Hall–Kier alpha value is -2.45. The Morgan fingerprint density at radius 3 is 2.56 bits per heavy atom. The maximum atomic E-state index is 11.9. The van der Waals surface area contributed by atoms with Gasteiger partial charge in [0, 0.05) is 13.1 Å². The number of piperidine rings is 1. The molecule has 1 aromatic rings. The Labute approximate surface area is 158 Å². The van der Waals surface area contributed by atoms with Gasteiger partial charge in [-0.1, -0.05) is 6.42 Å². The summed E-state index contributed by atoms with van der Waals surface area (Å²) in [6, 6.07) is 0. The van der Waals surface area contributed by atoms with Gasteiger partial charge >= 0.3 is 11.7 Å². The summed E-state index contributed by atoms with van der Waals surface area (Å²) in [7, 11) is 0. The van der Waals surface area contributed by atoms with Gasteiger partial charge in [-0.05, 0) is 45.4 Å². The molecule has 0 radical (unpaired) electrons. The van der Waals surface area contributed by atoms with Crippen LogP contribution in [0.1, 0.15) is 51.9 Å². The quantitative estimate of drug-likeness (QED) is 0.422. The fraction of sp³-hybridized carbons (Fsp3) is 0.722. The predicted molar refractivity (Wildman–Crippen MR) is 97.8 cm³/mol. The smallest absolute Gasteiger partial charge is 0.372 e. The fourth-order valence-corrected chi connectivity index (χ4v) is 3.76. The first kappa shape index (κ1) is 19.3. The highest BCUT2D eigenvalue weighted by molar-refractivity contribution is 5.73. The van der Waals surface area contributed by atoms with E-state index >= 15 is 0 Å². The molecule has 1 saturated carbocycles. The van der Waals surface area contributed by atoms with Crippen molar-refractivity contribution in [3.63, 3.8) is 0 Å². The van der Waals surface area contributed by atoms with E-state index < -0.39 is 4.92 Å². The highest BCUT2D eigenvalue weighted by Crippen LogP contribution is 2.37. The zero-order valence-electron chi connectivity index (χ0n) is 15.6. The lowest BCUT2D eigenvalue weighted by molar-refractivity contribution is -0.385. The Morgan fingerprint density at radius 2 is 1.93 bits per heavy atom. The second-order valence-corrected chi connectivity index (χ2v) is 7.00. The van der Waals surface area contributed by atoms with Crippen molar-refractivity contribution in [3.8, 4) is 5.88 Å². The summed E-state index contributed by atoms with van der Waals surface area (Å²) < 4.78 is 11.0. The molecule has 2 fully saturated rings. The number of hydrogen-bond acceptors (Lipinski definition) is 8. The highest BCUT2D eigenvalue weighted by atomic mass is 16.6. The highest BCUT2D eigenvalue weighted by Gasteiger charge is 2.33. The van der Waals surface area contributed by atoms with Crippen LogP contribution in [0.25, 0.3) is 0 Å². The molecule has 9 heteroatoms. The van der Waals surface area contributed by atoms with Gasteiger partial charge in [-0.25, -0.2) is 4.98 Å². The van der Waals surface area contributed by atoms with Gasteiger partial charge < -0.3 is 14.4 Å². The number of carbonyl (C=O) groups is 1. The number of ether oxygens (including phenoxy) is 2. The summed E-state index contributed by atoms with van der Waals surface area (Å²) in [5, 5.41) is 11.7. The number of anilines is 1. The molecule has 0 aromatic carbocycles. The minimum atomic E-state index is -0.467. The van der Waals surface area contributed by atoms with Crippen molar-refractivity contribution in [1.82, 2.24) is 9.97 Å². The number of nitro groups is 1. The SMILES string of the molecule is CCOC(=O)C1CCN(c2ncnc(OC3CCCCC3)c2[N+](=O)[O-])CC1. The zero-order chi connectivity index (χ0) is 19.2. The van der Waals surface area contributed by atoms with Crippen LogP contribution in [-0.2, 0) is 9.53 Å². The first-order valence-electron chi connectivity index (χ1n) is 9.67. The number of carbonyl (C=O) groups excluding carboxylic acids is 1. The molecule has 9 nitrogen and oxygen atoms in total. The number of nitrogens with zero attached hydrogens (tertiary/aromatic N) is 4. The van der Waals surface area contributed by atoms with Gasteiger partial charge in [-0.2, -0.15) is 4.98 Å². The number of esters is 1. The molecule has 27 heavy (non-hydrogen) atoms. The van der Waals surface area contributed by atoms with Gasteiger partial charge in [-0.3, -0.25) is 14.9 Å². The maximum Gasteiger partial charge on any atom is 0.372 e. The fourth-order valence-electron chi connectivity index (χ4n) is 3.76. The largest absolute Gasteiger partial charge is 0.469 e. The topological polar surface area (TPSA) is 108 Å². The van der Waals surface area contributed by atoms with Crippen LogP contribution >= 0.6 is 0 Å². The van der Waals surface area contributed by atoms with Crippen molar-refractivity contribution in [3.05, 3.63) is 16.4 Å². The van der Waals surface area contributed by atoms with Crippen molar-refractivity contribution in [2.45, 2.75) is 58.0 Å². The number of hydrogen-bond donors (Lipinski definition) is 0. The van der Waals surface area contributed by atoms with Gasteiger partial charge in [0.2, 0.25) is 5.82 Å². The average Bonchev–Trinajstić information content (AvgIpc) is 2.69. The van der Waals surface area contributed by atoms with Gasteiger partial charge in [0.05, 0.1) is 17.4 Å². The molecule has 0 N–H and O–H groups in total. The lowest BCUT2D eigenvalue weighted by Gasteiger charge is -2.31. The first-order valence-corrected chi connectivity index (χ1v) is 9.67. The van der Waals surface area contributed by atoms with E-state index in [2.05, 4.69) is 9.97 Å². The van der Waals surface area contributed by atoms with E-state index in [1.54, 1.807) is 6.92 Å². The summed E-state index contributed by atoms with van der Waals surface area (Å²) in [4.78, 5) is 33.2. The van der Waals surface area contributed by atoms with E-state index in [1.165, 1.54) is 12.7 Å². The van der Waals surface area contributed by atoms with E-state index in [9.17, 15) is 14.9 Å². The van der Waals surface area contributed by atoms with Crippen LogP contribution in [0.15, 0.2) is 6.33 Å². The van der Waals surface area contributed by atoms with E-state index in [0.29, 0.717) is 32.5 Å². The van der Waals surface area contributed by atoms with Gasteiger partial charge in [0.15, 0.2) is 0 Å². The van der Waals surface area contributed by atoms with E-state index in [-0.39, 0.29) is 35.4 Å². The third kappa shape index (κ3) is 4.64. The molecule has 2 heterocycles. The van der Waals surface area contributed by atoms with Gasteiger partial charge in [0.25, 0.3) is 5.88 Å². The molecule has 0 bridgehead atoms. The molecular weight excluding hydrogens is 352 g/mol. The molecule has 1 saturated heterocycles. The van der Waals surface area contributed by atoms with Crippen LogP contribution in [0.4, 0.5) is 11.5 Å². The first-order chi connectivity index (χ1) is 13.1. The lowest BCUT2D eigenvalue weighted by Crippen LogP contribution is -2.37. The van der Waals surface area contributed by atoms with E-state index in [4.69, 9.17) is 9.47 Å². The van der Waals surface area contributed by atoms with Crippen LogP contribution < -0.4 is 9.64 Å². The van der Waals surface area contributed by atoms with Crippen LogP contribution in [0.3, 0.4) is 0 Å². The molecule has 2 aliphatic rings. The van der Waals surface area contributed by atoms with Gasteiger partial charge in [-0.15, -0.1) is 0 Å². The summed E-state index contributed by atoms with van der Waals surface area (Å²) >= 11 is 0. The standard InChI is InChI=1S/C18H26N4O5/c1-2-26-18(23)13-8-10-21(11-9-13)16-15(22(24)25)17(20-12-19-16)27-14-6-4-3-5-7-14/h12-14H,2-11H2,1H3. The second-order valence-electron chi connectivity index (χ2n) is 7.00. The summed E-state index contributed by atoms with van der Waals surface area (Å²) in [6.45, 7) is 3.15. The van der Waals surface area contributed by atoms with Crippen LogP contribution in [0.5, 0.6) is 5.88 Å². The van der Waals surface area contributed by atoms with Crippen LogP contribution in [0.2, 0.25) is 0 Å². The average molecular weight is 378 g/mol. The molecule has 0 spiro atoms. The molecule has 1 aliphatic carbocycles. The normalized spacial score (nSPS) is 18.9. The molecule has 3 rings (SSSR count). The third-order valence-electron chi connectivity index (χ3n) is 5.20. The summed E-state index contributed by atoms with van der Waals surface area (Å²) in [5.74, 6) is -0.0526. The van der Waals surface area contributed by atoms with Crippen molar-refractivity contribution in [1.29, 1.82) is 0 Å². The number of aromatic nitrogens is 2. The molecular formula is C18H26N4O5. The second kappa shape index (κ2) is 8.96. The summed E-state index contributed by atoms with van der Waals surface area (Å²) in [6.07, 6.45) is 7.54. The van der Waals surface area contributed by atoms with E-state index in [1.807, 2.05) is 4.90 Å². The van der Waals surface area contributed by atoms with Crippen molar-refractivity contribution >= 4 is 17.5 Å². The molecule has 0 atom stereocenters. The molecule has 0 unspecified atom stereocenters. The Bertz CT molecular complexity index is 670. The molecule has 148 valence electrons. The Morgan fingerprint density at radius 1 is 1.22 bits per heavy atom. The van der Waals surface area contributed by atoms with Crippen molar-refractivity contribution < 1.29 is 19.2 Å². The lowest BCUT2D eigenvalue weighted by atomic mass is 9.97. The monoisotopic (exact) mass is 378 g/mol. The molecule has 1 aromatic heterocycles. The molecule has 1 aliphatic heterocycles. The third-order valence-corrected chi connectivity index (χ3v) is 5.20. The minimum Gasteiger partial charge on any atom is -0.469 e. The van der Waals surface area contributed by atoms with Crippen LogP contribution in [-0.4, -0.2) is 46.7 Å². The van der Waals surface area contributed by atoms with Crippen molar-refractivity contribution in [2.75, 3.05) is 24.6 Å². The minimum absolute atomic E-state index is 0.0326. The van der Waals surface area contributed by atoms with E-state index in [0.717, 1.165) is 25.7 Å². The zero-order valence-corrected chi connectivity index (χ0v) is 15.6. The van der Waals surface area contributed by atoms with Crippen LogP contribution in [0, 0.1) is 16.0 Å². The summed E-state index contributed by atoms with van der Waals surface area (Å²) in [5.41, 5.74) is -0.183. The number of rotatable bonds is 6. The van der Waals surface area contributed by atoms with Gasteiger partial charge in [0.1, 0.15) is 12.4 Å². The Balaban J connectivity index is 1.74.